The van der Waals surface area contributed by atoms with Gasteiger partial charge in [0.15, 0.2) is 12.1 Å². The van der Waals surface area contributed by atoms with E-state index in [1.165, 1.54) is 64.2 Å². The van der Waals surface area contributed by atoms with Crippen molar-refractivity contribution in [1.82, 2.24) is 0 Å². The van der Waals surface area contributed by atoms with Crippen LogP contribution >= 0.6 is 0 Å². The van der Waals surface area contributed by atoms with Crippen LogP contribution in [0.4, 0.5) is 0 Å². The lowest BCUT2D eigenvalue weighted by Crippen LogP contribution is -2.50. The summed E-state index contributed by atoms with van der Waals surface area (Å²) in [6.45, 7) is 4.59. The van der Waals surface area contributed by atoms with E-state index in [1.54, 1.807) is 0 Å². The summed E-state index contributed by atoms with van der Waals surface area (Å²) in [6.07, 6.45) is 33.6. The molecule has 0 aliphatic carbocycles. The van der Waals surface area contributed by atoms with Gasteiger partial charge in [0.2, 0.25) is 0 Å². The molecule has 0 aromatic heterocycles. The zero-order valence-electron chi connectivity index (χ0n) is 31.4. The summed E-state index contributed by atoms with van der Waals surface area (Å²) < 4.78 is 17.1. The Bertz CT molecular complexity index is 891. The van der Waals surface area contributed by atoms with E-state index in [1.807, 2.05) is 27.2 Å². The highest BCUT2D eigenvalue weighted by atomic mass is 16.6. The fraction of sp³-hybridized carbons (Fsp3) is 0.775. The van der Waals surface area contributed by atoms with Gasteiger partial charge in [0, 0.05) is 19.3 Å². The summed E-state index contributed by atoms with van der Waals surface area (Å²) in [5.41, 5.74) is 0. The molecule has 0 fully saturated rings. The minimum atomic E-state index is -0.886. The molecule has 0 radical (unpaired) electrons. The van der Waals surface area contributed by atoms with Crippen molar-refractivity contribution < 1.29 is 38.2 Å². The molecule has 0 heterocycles. The first-order valence-corrected chi connectivity index (χ1v) is 19.0. The highest BCUT2D eigenvalue weighted by molar-refractivity contribution is 5.72. The summed E-state index contributed by atoms with van der Waals surface area (Å²) in [5, 5.41) is 9.56. The van der Waals surface area contributed by atoms with Crippen LogP contribution in [0.1, 0.15) is 149 Å². The van der Waals surface area contributed by atoms with Gasteiger partial charge in [-0.15, -0.1) is 0 Å². The minimum absolute atomic E-state index is 0.0373. The summed E-state index contributed by atoms with van der Waals surface area (Å²) in [7, 11) is 5.49. The molecule has 0 rings (SSSR count). The maximum absolute atomic E-state index is 12.5. The second-order valence-electron chi connectivity index (χ2n) is 13.9. The number of likely N-dealkylation sites (N-methyl/N-ethyl adjacent to an activating group) is 1. The Labute approximate surface area is 293 Å². The first kappa shape index (κ1) is 45.6. The number of carboxylic acids is 1. The third-order valence-corrected chi connectivity index (χ3v) is 8.30. The number of allylic oxidation sites excluding steroid dienone is 6. The number of carbonyl (C=O) groups is 3. The zero-order valence-corrected chi connectivity index (χ0v) is 31.4. The van der Waals surface area contributed by atoms with E-state index in [4.69, 9.17) is 14.2 Å². The fourth-order valence-electron chi connectivity index (χ4n) is 5.27. The van der Waals surface area contributed by atoms with Crippen molar-refractivity contribution in [3.05, 3.63) is 36.5 Å². The molecule has 0 bridgehead atoms. The Kier molecular flexibility index (Phi) is 30.2. The Hall–Kier alpha value is -2.45. The number of carbonyl (C=O) groups excluding carboxylic acids is 2. The standard InChI is InChI=1S/C40H71NO7/c1-6-8-10-12-14-16-17-18-19-20-21-22-23-25-26-28-30-38(42)47-35-36(34-46-33-32-37(40(44)45)41(3,4)5)48-39(43)31-29-27-24-15-13-11-9-7-2/h19-22,24,27,36-37H,6-18,23,25-26,28-35H2,1-5H3/p+1/b20-19+,22-21+,27-24+. The number of hydrogen-bond acceptors (Lipinski definition) is 6. The molecular formula is C40H72NO7+. The van der Waals surface area contributed by atoms with Gasteiger partial charge in [-0.3, -0.25) is 9.59 Å². The van der Waals surface area contributed by atoms with Gasteiger partial charge in [-0.1, -0.05) is 115 Å². The Balaban J connectivity index is 4.44. The predicted octanol–water partition coefficient (Wildman–Crippen LogP) is 9.52. The summed E-state index contributed by atoms with van der Waals surface area (Å²) in [5.74, 6) is -1.57. The summed E-state index contributed by atoms with van der Waals surface area (Å²) in [4.78, 5) is 36.6. The van der Waals surface area contributed by atoms with E-state index in [9.17, 15) is 19.5 Å². The molecular weight excluding hydrogens is 606 g/mol. The van der Waals surface area contributed by atoms with Crippen LogP contribution in [0.15, 0.2) is 36.5 Å². The van der Waals surface area contributed by atoms with Crippen LogP contribution in [-0.4, -0.2) is 80.6 Å². The third kappa shape index (κ3) is 29.7. The fourth-order valence-corrected chi connectivity index (χ4v) is 5.27. The van der Waals surface area contributed by atoms with E-state index in [2.05, 4.69) is 44.2 Å². The molecule has 2 unspecified atom stereocenters. The van der Waals surface area contributed by atoms with Crippen LogP contribution in [-0.2, 0) is 28.6 Å². The zero-order chi connectivity index (χ0) is 35.7. The van der Waals surface area contributed by atoms with Crippen LogP contribution in [0.2, 0.25) is 0 Å². The van der Waals surface area contributed by atoms with Crippen molar-refractivity contribution in [1.29, 1.82) is 0 Å². The summed E-state index contributed by atoms with van der Waals surface area (Å²) in [6, 6.07) is -0.621. The quantitative estimate of drug-likeness (QED) is 0.0243. The third-order valence-electron chi connectivity index (χ3n) is 8.30. The number of hydrogen-bond donors (Lipinski definition) is 1. The smallest absolute Gasteiger partial charge is 0.362 e. The van der Waals surface area contributed by atoms with E-state index in [0.717, 1.165) is 44.9 Å². The highest BCUT2D eigenvalue weighted by Gasteiger charge is 2.31. The molecule has 0 spiro atoms. The number of esters is 2. The second-order valence-corrected chi connectivity index (χ2v) is 13.9. The molecule has 0 aliphatic heterocycles. The van der Waals surface area contributed by atoms with E-state index in [0.29, 0.717) is 19.3 Å². The lowest BCUT2D eigenvalue weighted by molar-refractivity contribution is -0.887. The second kappa shape index (κ2) is 31.8. The maximum atomic E-state index is 12.5. The van der Waals surface area contributed by atoms with Gasteiger partial charge in [0.1, 0.15) is 6.61 Å². The Morgan fingerprint density at radius 3 is 1.73 bits per heavy atom. The lowest BCUT2D eigenvalue weighted by atomic mass is 10.1. The van der Waals surface area contributed by atoms with Gasteiger partial charge in [-0.05, 0) is 51.4 Å². The van der Waals surface area contributed by atoms with Crippen molar-refractivity contribution in [2.24, 2.45) is 0 Å². The summed E-state index contributed by atoms with van der Waals surface area (Å²) >= 11 is 0. The number of quaternary nitrogens is 1. The Morgan fingerprint density at radius 1 is 0.625 bits per heavy atom. The molecule has 8 heteroatoms. The van der Waals surface area contributed by atoms with Crippen LogP contribution in [0.25, 0.3) is 0 Å². The van der Waals surface area contributed by atoms with Crippen molar-refractivity contribution in [2.75, 3.05) is 41.0 Å². The molecule has 0 saturated heterocycles. The Morgan fingerprint density at radius 2 is 1.15 bits per heavy atom. The molecule has 0 aliphatic rings. The van der Waals surface area contributed by atoms with Gasteiger partial charge in [0.05, 0.1) is 34.4 Å². The number of ether oxygens (including phenoxy) is 3. The topological polar surface area (TPSA) is 99.1 Å². The van der Waals surface area contributed by atoms with Gasteiger partial charge < -0.3 is 23.8 Å². The normalized spacial score (nSPS) is 13.4. The molecule has 0 amide bonds. The van der Waals surface area contributed by atoms with Gasteiger partial charge >= 0.3 is 17.9 Å². The van der Waals surface area contributed by atoms with E-state index < -0.39 is 18.1 Å². The predicted molar refractivity (Wildman–Crippen MR) is 197 cm³/mol. The number of carboxylic acid groups (broad SMARTS) is 1. The van der Waals surface area contributed by atoms with Gasteiger partial charge in [0.25, 0.3) is 0 Å². The number of unbranched alkanes of at least 4 members (excludes halogenated alkanes) is 14. The molecule has 48 heavy (non-hydrogen) atoms. The van der Waals surface area contributed by atoms with Crippen LogP contribution < -0.4 is 0 Å². The van der Waals surface area contributed by atoms with Crippen molar-refractivity contribution in [3.63, 3.8) is 0 Å². The average molecular weight is 679 g/mol. The van der Waals surface area contributed by atoms with Crippen LogP contribution in [0, 0.1) is 0 Å². The molecule has 8 nitrogen and oxygen atoms in total. The van der Waals surface area contributed by atoms with Crippen LogP contribution in [0.3, 0.4) is 0 Å². The maximum Gasteiger partial charge on any atom is 0.362 e. The molecule has 0 saturated carbocycles. The van der Waals surface area contributed by atoms with Crippen molar-refractivity contribution in [3.8, 4) is 0 Å². The van der Waals surface area contributed by atoms with Gasteiger partial charge in [-0.25, -0.2) is 4.79 Å². The first-order chi connectivity index (χ1) is 23.1. The lowest BCUT2D eigenvalue weighted by Gasteiger charge is -2.31. The van der Waals surface area contributed by atoms with E-state index >= 15 is 0 Å². The first-order valence-electron chi connectivity index (χ1n) is 19.0. The monoisotopic (exact) mass is 679 g/mol. The largest absolute Gasteiger partial charge is 0.477 e. The van der Waals surface area contributed by atoms with Crippen LogP contribution in [0.5, 0.6) is 0 Å². The molecule has 0 aromatic rings. The van der Waals surface area contributed by atoms with E-state index in [-0.39, 0.29) is 42.7 Å². The highest BCUT2D eigenvalue weighted by Crippen LogP contribution is 2.11. The van der Waals surface area contributed by atoms with Crippen molar-refractivity contribution >= 4 is 17.9 Å². The van der Waals surface area contributed by atoms with Crippen molar-refractivity contribution in [2.45, 2.75) is 161 Å². The molecule has 2 atom stereocenters. The average Bonchev–Trinajstić information content (AvgIpc) is 3.03. The SMILES string of the molecule is CCCCCC/C=C/CCC(=O)OC(COCCC(C(=O)O)[N+](C)(C)C)COC(=O)CCCCC/C=C/C=C/CCCCCCCCC. The minimum Gasteiger partial charge on any atom is -0.477 e. The van der Waals surface area contributed by atoms with Gasteiger partial charge in [-0.2, -0.15) is 0 Å². The number of nitrogens with zero attached hydrogens (tertiary/aromatic N) is 1. The number of aliphatic carboxylic acids is 1. The number of rotatable bonds is 33. The molecule has 0 aromatic carbocycles. The molecule has 278 valence electrons. The molecule has 1 N–H and O–H groups in total.